The van der Waals surface area contributed by atoms with Crippen LogP contribution in [0.3, 0.4) is 0 Å². The highest BCUT2D eigenvalue weighted by atomic mass is 28.4. The molecular weight excluding hydrogens is 1340 g/mol. The summed E-state index contributed by atoms with van der Waals surface area (Å²) in [7, 11) is -1.94. The highest BCUT2D eigenvalue weighted by Crippen LogP contribution is 2.46. The van der Waals surface area contributed by atoms with Gasteiger partial charge in [-0.15, -0.1) is 0 Å². The van der Waals surface area contributed by atoms with E-state index in [1.807, 2.05) is 33.9 Å². The van der Waals surface area contributed by atoms with E-state index in [9.17, 15) is 78.9 Å². The molecule has 30 nitrogen and oxygen atoms in total. The minimum absolute atomic E-state index is 0.00882. The summed E-state index contributed by atoms with van der Waals surface area (Å²) in [4.78, 5) is 134. The van der Waals surface area contributed by atoms with E-state index in [-0.39, 0.29) is 50.1 Å². The number of methoxy groups -OCH3 is 1. The van der Waals surface area contributed by atoms with Crippen LogP contribution in [0.1, 0.15) is 114 Å². The van der Waals surface area contributed by atoms with Crippen molar-refractivity contribution in [2.45, 2.75) is 161 Å². The molecule has 0 saturated carbocycles. The van der Waals surface area contributed by atoms with Crippen molar-refractivity contribution in [1.29, 1.82) is 0 Å². The molecule has 10 unspecified atom stereocenters. The maximum atomic E-state index is 15.0. The number of imide groups is 4. The Morgan fingerprint density at radius 2 is 0.653 bits per heavy atom. The fraction of sp³-hybridized carbons (Fsp3) is 0.443. The van der Waals surface area contributed by atoms with Gasteiger partial charge in [-0.1, -0.05) is 87.5 Å². The molecule has 4 saturated heterocycles. The van der Waals surface area contributed by atoms with E-state index in [0.29, 0.717) is 14.7 Å². The van der Waals surface area contributed by atoms with Gasteiger partial charge in [0, 0.05) is 7.11 Å². The van der Waals surface area contributed by atoms with Crippen LogP contribution in [0.15, 0.2) is 127 Å². The van der Waals surface area contributed by atoms with Crippen molar-refractivity contribution in [3.63, 3.8) is 0 Å². The van der Waals surface area contributed by atoms with Gasteiger partial charge in [0.1, 0.15) is 91.3 Å². The highest BCUT2D eigenvalue weighted by Gasteiger charge is 2.64. The molecule has 31 heteroatoms. The first kappa shape index (κ1) is 71.1. The number of aliphatic hydroxyl groups excluding tert-OH is 7. The van der Waals surface area contributed by atoms with Gasteiger partial charge in [-0.25, -0.2) is 4.79 Å². The molecule has 8 heterocycles. The predicted molar refractivity (Wildman–Crippen MR) is 343 cm³/mol. The number of aliphatic hydroxyl groups is 7. The number of benzene rings is 5. The van der Waals surface area contributed by atoms with Crippen LogP contribution in [0.4, 0.5) is 0 Å². The van der Waals surface area contributed by atoms with Crippen molar-refractivity contribution < 1.29 is 126 Å². The Morgan fingerprint density at radius 3 is 0.941 bits per heavy atom. The minimum Gasteiger partial charge on any atom is -0.454 e. The summed E-state index contributed by atoms with van der Waals surface area (Å²) in [5.74, 6) is -8.82. The van der Waals surface area contributed by atoms with Crippen molar-refractivity contribution >= 4 is 61.5 Å². The van der Waals surface area contributed by atoms with E-state index < -0.39 is 216 Å². The quantitative estimate of drug-likeness (QED) is 0.0345. The number of rotatable bonds is 19. The fourth-order valence-electron chi connectivity index (χ4n) is 14.3. The lowest BCUT2D eigenvalue weighted by Gasteiger charge is -2.53. The molecule has 5 aromatic carbocycles. The molecule has 7 N–H and O–H groups in total. The summed E-state index contributed by atoms with van der Waals surface area (Å²) < 4.78 is 64.4. The number of carbonyl (C=O) groups is 9. The van der Waals surface area contributed by atoms with E-state index in [1.165, 1.54) is 109 Å². The van der Waals surface area contributed by atoms with Gasteiger partial charge in [-0.05, 0) is 78.8 Å². The average Bonchev–Trinajstić information content (AvgIpc) is 1.66. The molecule has 8 aliphatic rings. The first-order chi connectivity index (χ1) is 48.3. The van der Waals surface area contributed by atoms with Gasteiger partial charge < -0.3 is 82.8 Å². The third kappa shape index (κ3) is 12.0. The number of carbonyl (C=O) groups excluding carboxylic acids is 9. The topological polar surface area (TPSA) is 400 Å². The number of fused-ring (bicyclic) bond motifs is 4. The van der Waals surface area contributed by atoms with Crippen LogP contribution in [0.5, 0.6) is 0 Å². The van der Waals surface area contributed by atoms with Crippen molar-refractivity contribution in [2.24, 2.45) is 0 Å². The Labute approximate surface area is 577 Å². The lowest BCUT2D eigenvalue weighted by molar-refractivity contribution is -0.369. The third-order valence-corrected chi connectivity index (χ3v) is 24.8. The first-order valence-electron chi connectivity index (χ1n) is 32.7. The van der Waals surface area contributed by atoms with Gasteiger partial charge in [-0.3, -0.25) is 58.0 Å². The monoisotopic (exact) mass is 1410 g/mol. The molecule has 101 heavy (non-hydrogen) atoms. The summed E-state index contributed by atoms with van der Waals surface area (Å²) >= 11 is 0. The Morgan fingerprint density at radius 1 is 0.396 bits per heavy atom. The van der Waals surface area contributed by atoms with E-state index in [1.54, 1.807) is 18.2 Å². The van der Waals surface area contributed by atoms with Gasteiger partial charge >= 0.3 is 5.97 Å². The molecule has 0 spiro atoms. The van der Waals surface area contributed by atoms with Crippen molar-refractivity contribution in [3.8, 4) is 0 Å². The molecule has 0 aliphatic carbocycles. The first-order valence-corrected chi connectivity index (χ1v) is 35.6. The van der Waals surface area contributed by atoms with Gasteiger partial charge in [0.2, 0.25) is 0 Å². The summed E-state index contributed by atoms with van der Waals surface area (Å²) in [5.41, 5.74) is -0.954. The zero-order valence-corrected chi connectivity index (χ0v) is 56.2. The largest absolute Gasteiger partial charge is 0.454 e. The molecule has 8 amide bonds. The maximum Gasteiger partial charge on any atom is 0.338 e. The number of nitrogens with zero attached hydrogens (tertiary/aromatic N) is 4. The lowest BCUT2D eigenvalue weighted by Crippen LogP contribution is -2.73. The summed E-state index contributed by atoms with van der Waals surface area (Å²) in [6.45, 7) is 5.23. The molecule has 4 fully saturated rings. The second-order valence-corrected chi connectivity index (χ2v) is 31.8. The zero-order chi connectivity index (χ0) is 72.0. The van der Waals surface area contributed by atoms with Crippen LogP contribution in [0, 0.1) is 0 Å². The number of amides is 8. The Hall–Kier alpha value is -8.29. The number of hydrogen-bond donors (Lipinski definition) is 7. The van der Waals surface area contributed by atoms with Crippen molar-refractivity contribution in [1.82, 2.24) is 19.6 Å². The summed E-state index contributed by atoms with van der Waals surface area (Å²) in [5, 5.41) is 83.7. The molecule has 534 valence electrons. The van der Waals surface area contributed by atoms with E-state index in [4.69, 9.17) is 47.1 Å². The van der Waals surface area contributed by atoms with E-state index >= 15 is 0 Å². The number of esters is 1. The second kappa shape index (κ2) is 27.8. The van der Waals surface area contributed by atoms with Crippen LogP contribution >= 0.6 is 0 Å². The molecule has 20 atom stereocenters. The molecule has 0 bridgehead atoms. The Balaban J connectivity index is 0.885. The van der Waals surface area contributed by atoms with Crippen LogP contribution in [-0.2, 0) is 47.1 Å². The highest BCUT2D eigenvalue weighted by molar-refractivity contribution is 6.74. The number of ether oxygens (including phenoxy) is 9. The normalized spacial score (nSPS) is 32.7. The van der Waals surface area contributed by atoms with Gasteiger partial charge in [-0.2, -0.15) is 0 Å². The lowest BCUT2D eigenvalue weighted by atomic mass is 9.92. The predicted octanol–water partition coefficient (Wildman–Crippen LogP) is 1.02. The van der Waals surface area contributed by atoms with Crippen molar-refractivity contribution in [3.05, 3.63) is 177 Å². The van der Waals surface area contributed by atoms with E-state index in [2.05, 4.69) is 0 Å². The van der Waals surface area contributed by atoms with Gasteiger partial charge in [0.05, 0.1) is 76.5 Å². The van der Waals surface area contributed by atoms with E-state index in [0.717, 1.165) is 12.0 Å². The van der Waals surface area contributed by atoms with Crippen LogP contribution in [0.25, 0.3) is 0 Å². The third-order valence-electron chi connectivity index (χ3n) is 20.3. The van der Waals surface area contributed by atoms with Crippen LogP contribution in [0.2, 0.25) is 18.1 Å². The Kier molecular flexibility index (Phi) is 19.6. The zero-order valence-electron chi connectivity index (χ0n) is 55.2. The molecular formula is C70H74N4O26Si. The average molecular weight is 1420 g/mol. The number of hydrogen-bond acceptors (Lipinski definition) is 26. The standard InChI is InChI=1S/C70H74N4O26Si/c1-70(2,3)101(5,6)100-55-44(31-78)95-69(48(56(55)96-65(90)32-18-8-7-9-19-32)74-63(88)39-26-16-17-27-40(39)64(74)89)99-54-43(30-77)94-68(47(51(54)81)73-61(86)37-24-14-15-25-38(37)62(73)87)98-53-42(29-76)93-67(46(50(53)80)72-59(84)35-22-12-13-23-36(35)60(72)85)97-52-41(28-75)92-66(91-4)45(49(52)79)71-57(82)33-20-10-11-21-34(33)58(71)83/h7-27,41-56,66-69,75-81H,28-31H2,1-6H3/t41?,42?,43?,44?,45-,46?,47-,48?,49?,50-,51?,52+,53?,54+,55?,56-,66+,67+,68-,69+/m1/s1. The Bertz CT molecular complexity index is 3960. The maximum absolute atomic E-state index is 15.0. The molecule has 0 radical (unpaired) electrons. The van der Waals surface area contributed by atoms with Crippen LogP contribution < -0.4 is 0 Å². The smallest absolute Gasteiger partial charge is 0.338 e. The van der Waals surface area contributed by atoms with Gasteiger partial charge in [0.15, 0.2) is 39.6 Å². The molecule has 5 aromatic rings. The van der Waals surface area contributed by atoms with Crippen LogP contribution in [-0.4, -0.2) is 273 Å². The van der Waals surface area contributed by atoms with Crippen molar-refractivity contribution in [2.75, 3.05) is 33.5 Å². The van der Waals surface area contributed by atoms with Gasteiger partial charge in [0.25, 0.3) is 47.3 Å². The molecule has 0 aromatic heterocycles. The molecule has 13 rings (SSSR count). The molecule has 8 aliphatic heterocycles. The minimum atomic E-state index is -3.09. The second-order valence-electron chi connectivity index (χ2n) is 27.1. The summed E-state index contributed by atoms with van der Waals surface area (Å²) in [6, 6.07) is 22.2. The summed E-state index contributed by atoms with van der Waals surface area (Å²) in [6.07, 6.45) is -31.7. The SMILES string of the molecule is CO[C@H]1OC(CO)[C@H](O[C@@H]2OC(CO)C(O[C@H]3OC(CO)[C@H](O[C@@H]4OC(CO)C(O[Si](C)(C)C(C)(C)C)[C@H](OC(=O)c5ccccc5)C4N4C(=O)c5ccccc5C4=O)C(O)[C@H]3N3C(=O)c4ccccc4C3=O)[C@H](O)C2N2C(=O)c3ccccc3C2=O)C(O)[C@H]1N1C(=O)c2ccccc2C1=O. The fourth-order valence-corrected chi connectivity index (χ4v) is 15.6.